The number of hydrogen-bond acceptors (Lipinski definition) is 3. The van der Waals surface area contributed by atoms with E-state index in [9.17, 15) is 19.1 Å². The van der Waals surface area contributed by atoms with Gasteiger partial charge in [-0.25, -0.2) is 9.18 Å². The Labute approximate surface area is 122 Å². The third kappa shape index (κ3) is 2.99. The first-order chi connectivity index (χ1) is 9.84. The van der Waals surface area contributed by atoms with Crippen LogP contribution in [0.25, 0.3) is 0 Å². The van der Waals surface area contributed by atoms with Crippen LogP contribution in [0.5, 0.6) is 5.75 Å². The summed E-state index contributed by atoms with van der Waals surface area (Å²) in [7, 11) is 0. The van der Waals surface area contributed by atoms with Crippen LogP contribution in [-0.2, 0) is 9.59 Å². The Morgan fingerprint density at radius 1 is 1.38 bits per heavy atom. The maximum Gasteiger partial charge on any atom is 0.329 e. The van der Waals surface area contributed by atoms with Gasteiger partial charge in [-0.1, -0.05) is 0 Å². The van der Waals surface area contributed by atoms with Gasteiger partial charge in [0.1, 0.15) is 17.1 Å². The molecule has 0 saturated carbocycles. The standard InChI is InChI=1S/C15H18FNO4/c1-10(21-12-6-4-11(16)5-7-12)13(18)17-9-3-8-15(17,2)14(19)20/h4-7,10H,3,8-9H2,1-2H3,(H,19,20). The van der Waals surface area contributed by atoms with E-state index in [0.29, 0.717) is 25.1 Å². The van der Waals surface area contributed by atoms with Crippen molar-refractivity contribution >= 4 is 11.9 Å². The minimum atomic E-state index is -1.18. The molecule has 5 nitrogen and oxygen atoms in total. The number of carbonyl (C=O) groups excluding carboxylic acids is 1. The van der Waals surface area contributed by atoms with Gasteiger partial charge in [-0.2, -0.15) is 0 Å². The van der Waals surface area contributed by atoms with E-state index >= 15 is 0 Å². The summed E-state index contributed by atoms with van der Waals surface area (Å²) in [6.07, 6.45) is 0.252. The van der Waals surface area contributed by atoms with Crippen LogP contribution in [0.2, 0.25) is 0 Å². The molecule has 2 atom stereocenters. The average molecular weight is 295 g/mol. The minimum Gasteiger partial charge on any atom is -0.481 e. The molecule has 1 heterocycles. The molecule has 114 valence electrons. The molecule has 1 aromatic rings. The van der Waals surface area contributed by atoms with Gasteiger partial charge in [0, 0.05) is 6.54 Å². The van der Waals surface area contributed by atoms with Gasteiger partial charge >= 0.3 is 5.97 Å². The second kappa shape index (κ2) is 5.71. The fraction of sp³-hybridized carbons (Fsp3) is 0.467. The van der Waals surface area contributed by atoms with Crippen molar-refractivity contribution in [2.45, 2.75) is 38.3 Å². The number of carbonyl (C=O) groups is 2. The summed E-state index contributed by atoms with van der Waals surface area (Å²) in [5, 5.41) is 9.32. The van der Waals surface area contributed by atoms with Gasteiger partial charge in [0.15, 0.2) is 6.10 Å². The highest BCUT2D eigenvalue weighted by Gasteiger charge is 2.47. The predicted octanol–water partition coefficient (Wildman–Crippen LogP) is 2.06. The third-order valence-corrected chi connectivity index (χ3v) is 3.84. The molecule has 1 fully saturated rings. The van der Waals surface area contributed by atoms with Crippen molar-refractivity contribution < 1.29 is 23.8 Å². The number of nitrogens with zero attached hydrogens (tertiary/aromatic N) is 1. The first kappa shape index (κ1) is 15.3. The summed E-state index contributed by atoms with van der Waals surface area (Å²) < 4.78 is 18.3. The molecular weight excluding hydrogens is 277 g/mol. The number of hydrogen-bond donors (Lipinski definition) is 1. The number of likely N-dealkylation sites (tertiary alicyclic amines) is 1. The lowest BCUT2D eigenvalue weighted by Gasteiger charge is -2.33. The molecular formula is C15H18FNO4. The lowest BCUT2D eigenvalue weighted by Crippen LogP contribution is -2.54. The largest absolute Gasteiger partial charge is 0.481 e. The Kier molecular flexibility index (Phi) is 4.16. The van der Waals surface area contributed by atoms with Gasteiger partial charge in [0.05, 0.1) is 0 Å². The summed E-state index contributed by atoms with van der Waals surface area (Å²) in [6, 6.07) is 5.34. The summed E-state index contributed by atoms with van der Waals surface area (Å²) in [5.41, 5.74) is -1.18. The fourth-order valence-corrected chi connectivity index (χ4v) is 2.53. The van der Waals surface area contributed by atoms with Crippen molar-refractivity contribution in [2.75, 3.05) is 6.54 Å². The van der Waals surface area contributed by atoms with Crippen LogP contribution in [0.4, 0.5) is 4.39 Å². The lowest BCUT2D eigenvalue weighted by molar-refractivity contribution is -0.157. The van der Waals surface area contributed by atoms with Crippen LogP contribution in [0.1, 0.15) is 26.7 Å². The van der Waals surface area contributed by atoms with E-state index in [1.165, 1.54) is 29.2 Å². The van der Waals surface area contributed by atoms with Crippen LogP contribution in [-0.4, -0.2) is 40.1 Å². The van der Waals surface area contributed by atoms with Gasteiger partial charge in [0.2, 0.25) is 0 Å². The van der Waals surface area contributed by atoms with E-state index in [-0.39, 0.29) is 11.7 Å². The first-order valence-electron chi connectivity index (χ1n) is 6.82. The number of carboxylic acids is 1. The number of rotatable bonds is 4. The van der Waals surface area contributed by atoms with E-state index < -0.39 is 17.6 Å². The molecule has 1 saturated heterocycles. The summed E-state index contributed by atoms with van der Waals surface area (Å²) in [4.78, 5) is 25.1. The number of ether oxygens (including phenoxy) is 1. The number of aliphatic carboxylic acids is 1. The van der Waals surface area contributed by atoms with Crippen LogP contribution in [0, 0.1) is 5.82 Å². The zero-order valence-corrected chi connectivity index (χ0v) is 12.0. The molecule has 21 heavy (non-hydrogen) atoms. The maximum absolute atomic E-state index is 12.8. The number of amides is 1. The molecule has 0 radical (unpaired) electrons. The van der Waals surface area contributed by atoms with Gasteiger partial charge < -0.3 is 14.7 Å². The molecule has 1 N–H and O–H groups in total. The van der Waals surface area contributed by atoms with Crippen LogP contribution in [0.3, 0.4) is 0 Å². The van der Waals surface area contributed by atoms with E-state index in [0.717, 1.165) is 0 Å². The van der Waals surface area contributed by atoms with E-state index in [2.05, 4.69) is 0 Å². The zero-order valence-electron chi connectivity index (χ0n) is 12.0. The summed E-state index contributed by atoms with van der Waals surface area (Å²) in [6.45, 7) is 3.51. The van der Waals surface area contributed by atoms with E-state index in [4.69, 9.17) is 4.74 Å². The van der Waals surface area contributed by atoms with Crippen LogP contribution < -0.4 is 4.74 Å². The van der Waals surface area contributed by atoms with E-state index in [1.807, 2.05) is 0 Å². The monoisotopic (exact) mass is 295 g/mol. The highest BCUT2D eigenvalue weighted by Crippen LogP contribution is 2.30. The molecule has 0 aromatic heterocycles. The predicted molar refractivity (Wildman–Crippen MR) is 73.5 cm³/mol. The molecule has 1 amide bonds. The highest BCUT2D eigenvalue weighted by atomic mass is 19.1. The quantitative estimate of drug-likeness (QED) is 0.923. The number of halogens is 1. The Morgan fingerprint density at radius 2 is 2.00 bits per heavy atom. The van der Waals surface area contributed by atoms with Crippen molar-refractivity contribution in [3.05, 3.63) is 30.1 Å². The average Bonchev–Trinajstić information content (AvgIpc) is 2.84. The molecule has 6 heteroatoms. The minimum absolute atomic E-state index is 0.369. The van der Waals surface area contributed by atoms with Gasteiger partial charge in [-0.15, -0.1) is 0 Å². The van der Waals surface area contributed by atoms with Crippen LogP contribution >= 0.6 is 0 Å². The molecule has 2 rings (SSSR count). The topological polar surface area (TPSA) is 66.8 Å². The van der Waals surface area contributed by atoms with E-state index in [1.54, 1.807) is 13.8 Å². The normalized spacial score (nSPS) is 22.9. The van der Waals surface area contributed by atoms with Crippen molar-refractivity contribution in [1.82, 2.24) is 4.90 Å². The molecule has 0 bridgehead atoms. The zero-order chi connectivity index (χ0) is 15.6. The van der Waals surface area contributed by atoms with Gasteiger partial charge in [0.25, 0.3) is 5.91 Å². The lowest BCUT2D eigenvalue weighted by atomic mass is 9.99. The van der Waals surface area contributed by atoms with Gasteiger partial charge in [-0.3, -0.25) is 4.79 Å². The highest BCUT2D eigenvalue weighted by molar-refractivity contribution is 5.89. The first-order valence-corrected chi connectivity index (χ1v) is 6.82. The molecule has 0 aliphatic carbocycles. The Morgan fingerprint density at radius 3 is 2.57 bits per heavy atom. The third-order valence-electron chi connectivity index (χ3n) is 3.84. The van der Waals surface area contributed by atoms with Gasteiger partial charge in [-0.05, 0) is 51.0 Å². The van der Waals surface area contributed by atoms with Crippen molar-refractivity contribution in [2.24, 2.45) is 0 Å². The Hall–Kier alpha value is -2.11. The molecule has 2 unspecified atom stereocenters. The van der Waals surface area contributed by atoms with Crippen molar-refractivity contribution in [3.63, 3.8) is 0 Å². The maximum atomic E-state index is 12.8. The fourth-order valence-electron chi connectivity index (χ4n) is 2.53. The molecule has 1 aliphatic heterocycles. The summed E-state index contributed by atoms with van der Waals surface area (Å²) >= 11 is 0. The number of benzene rings is 1. The van der Waals surface area contributed by atoms with Crippen molar-refractivity contribution in [3.8, 4) is 5.75 Å². The second-order valence-corrected chi connectivity index (χ2v) is 5.39. The van der Waals surface area contributed by atoms with Crippen LogP contribution in [0.15, 0.2) is 24.3 Å². The molecule has 1 aliphatic rings. The summed E-state index contributed by atoms with van der Waals surface area (Å²) in [5.74, 6) is -1.41. The SMILES string of the molecule is CC(Oc1ccc(F)cc1)C(=O)N1CCCC1(C)C(=O)O. The second-order valence-electron chi connectivity index (χ2n) is 5.39. The molecule has 1 aromatic carbocycles. The Balaban J connectivity index is 2.08. The Bertz CT molecular complexity index is 545. The number of carboxylic acid groups (broad SMARTS) is 1. The van der Waals surface area contributed by atoms with Crippen molar-refractivity contribution in [1.29, 1.82) is 0 Å². The molecule has 0 spiro atoms. The smallest absolute Gasteiger partial charge is 0.329 e.